The van der Waals surface area contributed by atoms with Crippen molar-refractivity contribution in [1.82, 2.24) is 25.4 Å². The second-order valence-electron chi connectivity index (χ2n) is 11.5. The number of carbonyl (C=O) groups is 2. The summed E-state index contributed by atoms with van der Waals surface area (Å²) < 4.78 is 6.01. The predicted octanol–water partition coefficient (Wildman–Crippen LogP) is 1.11. The van der Waals surface area contributed by atoms with Crippen LogP contribution in [-0.2, 0) is 4.79 Å². The van der Waals surface area contributed by atoms with Gasteiger partial charge in [-0.15, -0.1) is 0 Å². The maximum atomic E-state index is 13.3. The fraction of sp³-hybridized carbons (Fsp3) is 0.654. The number of piperazine rings is 1. The van der Waals surface area contributed by atoms with E-state index in [0.717, 1.165) is 50.7 Å². The Kier molecular flexibility index (Phi) is 5.27. The molecule has 1 aromatic carbocycles. The Bertz CT molecular complexity index is 1180. The van der Waals surface area contributed by atoms with E-state index in [1.807, 2.05) is 17.0 Å². The number of amides is 2. The van der Waals surface area contributed by atoms with E-state index in [4.69, 9.17) is 4.42 Å². The van der Waals surface area contributed by atoms with Crippen molar-refractivity contribution in [3.8, 4) is 0 Å². The third-order valence-electron chi connectivity index (χ3n) is 9.00. The van der Waals surface area contributed by atoms with Crippen LogP contribution in [0.15, 0.2) is 22.6 Å². The third kappa shape index (κ3) is 3.77. The molecule has 192 valence electrons. The molecule has 4 heterocycles. The van der Waals surface area contributed by atoms with Crippen molar-refractivity contribution in [2.24, 2.45) is 11.3 Å². The molecule has 7 rings (SSSR count). The van der Waals surface area contributed by atoms with Gasteiger partial charge in [0.2, 0.25) is 5.91 Å². The smallest absolute Gasteiger partial charge is 0.298 e. The number of rotatable bonds is 3. The molecule has 3 aliphatic heterocycles. The maximum absolute atomic E-state index is 13.3. The Balaban J connectivity index is 0.971. The van der Waals surface area contributed by atoms with Gasteiger partial charge in [-0.1, -0.05) is 12.8 Å². The number of aliphatic hydroxyl groups is 1. The van der Waals surface area contributed by atoms with Gasteiger partial charge < -0.3 is 24.6 Å². The number of nitrogens with one attached hydrogen (secondary N) is 2. The SMILES string of the molecule is O=C1NC(N2CCN(C(=O)c3ccc4nc(N5CC6(CC(O)C6)C5)oc4c3)CC2)NC2CCCCC12. The van der Waals surface area contributed by atoms with Crippen molar-refractivity contribution in [2.75, 3.05) is 44.2 Å². The van der Waals surface area contributed by atoms with Crippen LogP contribution in [0.4, 0.5) is 6.01 Å². The minimum Gasteiger partial charge on any atom is -0.423 e. The second kappa shape index (κ2) is 8.43. The largest absolute Gasteiger partial charge is 0.423 e. The topological polar surface area (TPSA) is 114 Å². The first kappa shape index (κ1) is 22.5. The lowest BCUT2D eigenvalue weighted by Crippen LogP contribution is -2.69. The fourth-order valence-electron chi connectivity index (χ4n) is 6.97. The van der Waals surface area contributed by atoms with Gasteiger partial charge in [-0.25, -0.2) is 0 Å². The van der Waals surface area contributed by atoms with Gasteiger partial charge in [-0.3, -0.25) is 19.8 Å². The van der Waals surface area contributed by atoms with E-state index in [-0.39, 0.29) is 41.6 Å². The summed E-state index contributed by atoms with van der Waals surface area (Å²) in [6, 6.07) is 6.34. The number of oxazole rings is 1. The minimum atomic E-state index is -0.159. The summed E-state index contributed by atoms with van der Waals surface area (Å²) in [6.45, 7) is 4.38. The van der Waals surface area contributed by atoms with Crippen LogP contribution in [0.1, 0.15) is 48.9 Å². The molecule has 2 aliphatic carbocycles. The van der Waals surface area contributed by atoms with Gasteiger partial charge >= 0.3 is 0 Å². The van der Waals surface area contributed by atoms with Crippen molar-refractivity contribution in [3.05, 3.63) is 23.8 Å². The lowest BCUT2D eigenvalue weighted by atomic mass is 9.62. The van der Waals surface area contributed by atoms with E-state index >= 15 is 0 Å². The van der Waals surface area contributed by atoms with Crippen molar-refractivity contribution < 1.29 is 19.1 Å². The molecule has 5 fully saturated rings. The van der Waals surface area contributed by atoms with Gasteiger partial charge in [0.1, 0.15) is 11.8 Å². The van der Waals surface area contributed by atoms with E-state index in [2.05, 4.69) is 25.4 Å². The van der Waals surface area contributed by atoms with Crippen LogP contribution in [0.25, 0.3) is 11.1 Å². The quantitative estimate of drug-likeness (QED) is 0.582. The molecule has 36 heavy (non-hydrogen) atoms. The van der Waals surface area contributed by atoms with E-state index in [0.29, 0.717) is 43.3 Å². The highest BCUT2D eigenvalue weighted by molar-refractivity contribution is 5.97. The Morgan fingerprint density at radius 1 is 1.11 bits per heavy atom. The summed E-state index contributed by atoms with van der Waals surface area (Å²) >= 11 is 0. The van der Waals surface area contributed by atoms with Crippen molar-refractivity contribution in [1.29, 1.82) is 0 Å². The number of benzene rings is 1. The summed E-state index contributed by atoms with van der Waals surface area (Å²) in [5.74, 6) is 0.256. The fourth-order valence-corrected chi connectivity index (χ4v) is 6.97. The number of hydrogen-bond donors (Lipinski definition) is 3. The lowest BCUT2D eigenvalue weighted by Gasteiger charge is -2.57. The molecule has 3 N–H and O–H groups in total. The lowest BCUT2D eigenvalue weighted by molar-refractivity contribution is -0.134. The van der Waals surface area contributed by atoms with E-state index < -0.39 is 0 Å². The monoisotopic (exact) mass is 494 g/mol. The van der Waals surface area contributed by atoms with Gasteiger partial charge in [0.25, 0.3) is 11.9 Å². The van der Waals surface area contributed by atoms with Gasteiger partial charge in [0.15, 0.2) is 5.58 Å². The van der Waals surface area contributed by atoms with Crippen LogP contribution in [0.3, 0.4) is 0 Å². The van der Waals surface area contributed by atoms with Crippen LogP contribution >= 0.6 is 0 Å². The average molecular weight is 495 g/mol. The molecule has 3 saturated heterocycles. The van der Waals surface area contributed by atoms with E-state index in [9.17, 15) is 14.7 Å². The highest BCUT2D eigenvalue weighted by Crippen LogP contribution is 2.49. The standard InChI is InChI=1S/C26H34N6O4/c33-17-12-26(13-17)14-32(15-26)25-28-20-6-5-16(11-21(20)36-25)23(35)30-7-9-31(10-8-30)24-27-19-4-2-1-3-18(19)22(34)29-24/h5-6,11,17-19,24,27,33H,1-4,7-10,12-15H2,(H,29,34). The number of aromatic nitrogens is 1. The Morgan fingerprint density at radius 2 is 1.89 bits per heavy atom. The van der Waals surface area contributed by atoms with E-state index in [1.54, 1.807) is 6.07 Å². The number of carbonyl (C=O) groups excluding carboxylic acids is 2. The molecule has 0 bridgehead atoms. The zero-order chi connectivity index (χ0) is 24.4. The number of nitrogens with zero attached hydrogens (tertiary/aromatic N) is 4. The highest BCUT2D eigenvalue weighted by Gasteiger charge is 2.53. The van der Waals surface area contributed by atoms with Crippen LogP contribution in [0, 0.1) is 11.3 Å². The molecule has 10 heteroatoms. The normalized spacial score (nSPS) is 30.6. The molecule has 10 nitrogen and oxygen atoms in total. The van der Waals surface area contributed by atoms with Crippen LogP contribution in [-0.4, -0.2) is 89.4 Å². The zero-order valence-corrected chi connectivity index (χ0v) is 20.5. The maximum Gasteiger partial charge on any atom is 0.298 e. The molecular weight excluding hydrogens is 460 g/mol. The van der Waals surface area contributed by atoms with Crippen LogP contribution in [0.2, 0.25) is 0 Å². The summed E-state index contributed by atoms with van der Waals surface area (Å²) in [5.41, 5.74) is 2.22. The summed E-state index contributed by atoms with van der Waals surface area (Å²) in [6.07, 6.45) is 5.75. The Hall–Kier alpha value is -2.69. The first-order chi connectivity index (χ1) is 17.5. The van der Waals surface area contributed by atoms with Crippen LogP contribution < -0.4 is 15.5 Å². The Labute approximate surface area is 210 Å². The van der Waals surface area contributed by atoms with Crippen molar-refractivity contribution >= 4 is 28.9 Å². The molecule has 1 aromatic heterocycles. The first-order valence-electron chi connectivity index (χ1n) is 13.4. The molecule has 0 radical (unpaired) electrons. The predicted molar refractivity (Wildman–Crippen MR) is 132 cm³/mol. The van der Waals surface area contributed by atoms with Gasteiger partial charge in [0, 0.05) is 56.3 Å². The molecule has 3 unspecified atom stereocenters. The highest BCUT2D eigenvalue weighted by atomic mass is 16.4. The van der Waals surface area contributed by atoms with Gasteiger partial charge in [0.05, 0.1) is 12.0 Å². The summed E-state index contributed by atoms with van der Waals surface area (Å²) in [7, 11) is 0. The second-order valence-corrected chi connectivity index (χ2v) is 11.5. The minimum absolute atomic E-state index is 0.00570. The third-order valence-corrected chi connectivity index (χ3v) is 9.00. The molecular formula is C26H34N6O4. The zero-order valence-electron chi connectivity index (χ0n) is 20.5. The van der Waals surface area contributed by atoms with Gasteiger partial charge in [-0.2, -0.15) is 4.98 Å². The Morgan fingerprint density at radius 3 is 2.67 bits per heavy atom. The molecule has 3 atom stereocenters. The van der Waals surface area contributed by atoms with Crippen LogP contribution in [0.5, 0.6) is 0 Å². The molecule has 2 aromatic rings. The number of anilines is 1. The number of hydrogen-bond acceptors (Lipinski definition) is 8. The first-order valence-corrected chi connectivity index (χ1v) is 13.4. The van der Waals surface area contributed by atoms with Crippen molar-refractivity contribution in [2.45, 2.75) is 57.0 Å². The number of aliphatic hydroxyl groups excluding tert-OH is 1. The molecule has 1 spiro atoms. The molecule has 2 saturated carbocycles. The molecule has 5 aliphatic rings. The molecule has 2 amide bonds. The average Bonchev–Trinajstić information content (AvgIpc) is 3.28. The summed E-state index contributed by atoms with van der Waals surface area (Å²) in [4.78, 5) is 36.7. The number of fused-ring (bicyclic) bond motifs is 2. The van der Waals surface area contributed by atoms with Crippen molar-refractivity contribution in [3.63, 3.8) is 0 Å². The summed E-state index contributed by atoms with van der Waals surface area (Å²) in [5, 5.41) is 16.4. The van der Waals surface area contributed by atoms with Gasteiger partial charge in [-0.05, 0) is 43.9 Å². The van der Waals surface area contributed by atoms with E-state index in [1.165, 1.54) is 6.42 Å².